The van der Waals surface area contributed by atoms with Crippen LogP contribution in [0.5, 0.6) is 0 Å². The van der Waals surface area contributed by atoms with E-state index in [2.05, 4.69) is 26.1 Å². The third kappa shape index (κ3) is 3.37. The fourth-order valence-electron chi connectivity index (χ4n) is 2.91. The summed E-state index contributed by atoms with van der Waals surface area (Å²) in [5.41, 5.74) is -1.07. The molecule has 1 atom stereocenters. The summed E-state index contributed by atoms with van der Waals surface area (Å²) in [7, 11) is 0. The molecule has 4 rings (SSSR count). The highest BCUT2D eigenvalue weighted by molar-refractivity contribution is 9.10. The smallest absolute Gasteiger partial charge is 0.333 e. The van der Waals surface area contributed by atoms with E-state index in [-0.39, 0.29) is 18.3 Å². The van der Waals surface area contributed by atoms with E-state index >= 15 is 0 Å². The van der Waals surface area contributed by atoms with Crippen LogP contribution in [0, 0.1) is 5.82 Å². The van der Waals surface area contributed by atoms with Crippen molar-refractivity contribution in [3.63, 3.8) is 0 Å². The number of hydrogen-bond donors (Lipinski definition) is 0. The van der Waals surface area contributed by atoms with Crippen molar-refractivity contribution >= 4 is 15.9 Å². The summed E-state index contributed by atoms with van der Waals surface area (Å²) >= 11 is 3.39. The molecule has 3 heterocycles. The van der Waals surface area contributed by atoms with Gasteiger partial charge in [0.2, 0.25) is 17.6 Å². The first kappa shape index (κ1) is 17.8. The molecular weight excluding hydrogens is 423 g/mol. The van der Waals surface area contributed by atoms with Crippen LogP contribution in [0.2, 0.25) is 0 Å². The second kappa shape index (κ2) is 7.20. The van der Waals surface area contributed by atoms with Crippen LogP contribution in [0.25, 0.3) is 11.5 Å². The third-order valence-electron chi connectivity index (χ3n) is 4.23. The van der Waals surface area contributed by atoms with Crippen LogP contribution in [0.4, 0.5) is 4.39 Å². The van der Waals surface area contributed by atoms with E-state index in [0.29, 0.717) is 18.6 Å². The van der Waals surface area contributed by atoms with Crippen molar-refractivity contribution in [2.75, 3.05) is 6.61 Å². The number of benzene rings is 1. The molecule has 0 saturated carbocycles. The standard InChI is InChI=1S/C17H14BrFN4O4/c18-11-5-2-1-4-10(11)15-21-20-13(27-15)9-23-16(24)12(19)8-22(17(23)25)14-6-3-7-26-14/h1-2,4-5,8,14H,3,6-7,9H2/t14-/m0/s1. The summed E-state index contributed by atoms with van der Waals surface area (Å²) in [5.74, 6) is -0.804. The zero-order valence-corrected chi connectivity index (χ0v) is 15.6. The van der Waals surface area contributed by atoms with Crippen LogP contribution >= 0.6 is 15.9 Å². The highest BCUT2D eigenvalue weighted by Gasteiger charge is 2.23. The van der Waals surface area contributed by atoms with E-state index < -0.39 is 23.3 Å². The summed E-state index contributed by atoms with van der Waals surface area (Å²) in [4.78, 5) is 24.8. The maximum absolute atomic E-state index is 14.1. The lowest BCUT2D eigenvalue weighted by Crippen LogP contribution is -2.42. The van der Waals surface area contributed by atoms with E-state index in [1.165, 1.54) is 0 Å². The van der Waals surface area contributed by atoms with Crippen LogP contribution < -0.4 is 11.2 Å². The number of rotatable bonds is 4. The molecule has 0 spiro atoms. The highest BCUT2D eigenvalue weighted by Crippen LogP contribution is 2.26. The van der Waals surface area contributed by atoms with Gasteiger partial charge in [0, 0.05) is 11.1 Å². The largest absolute Gasteiger partial charge is 0.419 e. The Labute approximate surface area is 160 Å². The van der Waals surface area contributed by atoms with Gasteiger partial charge in [0.1, 0.15) is 12.8 Å². The van der Waals surface area contributed by atoms with E-state index in [4.69, 9.17) is 9.15 Å². The Bertz CT molecular complexity index is 1100. The van der Waals surface area contributed by atoms with Gasteiger partial charge in [-0.05, 0) is 40.9 Å². The van der Waals surface area contributed by atoms with Crippen LogP contribution in [0.1, 0.15) is 25.0 Å². The summed E-state index contributed by atoms with van der Waals surface area (Å²) in [6.45, 7) is 0.149. The summed E-state index contributed by atoms with van der Waals surface area (Å²) in [6.07, 6.45) is 1.64. The van der Waals surface area contributed by atoms with E-state index in [0.717, 1.165) is 26.2 Å². The molecule has 1 fully saturated rings. The van der Waals surface area contributed by atoms with E-state index in [1.54, 1.807) is 12.1 Å². The molecule has 0 N–H and O–H groups in total. The molecule has 3 aromatic rings. The quantitative estimate of drug-likeness (QED) is 0.622. The summed E-state index contributed by atoms with van der Waals surface area (Å²) in [6, 6.07) is 7.24. The number of hydrogen-bond acceptors (Lipinski definition) is 6. The molecule has 27 heavy (non-hydrogen) atoms. The van der Waals surface area contributed by atoms with Crippen molar-refractivity contribution in [1.29, 1.82) is 0 Å². The number of nitrogens with zero attached hydrogens (tertiary/aromatic N) is 4. The SMILES string of the molecule is O=c1c(F)cn([C@@H]2CCCO2)c(=O)n1Cc1nnc(-c2ccccc2Br)o1. The molecule has 0 radical (unpaired) electrons. The van der Waals surface area contributed by atoms with Gasteiger partial charge < -0.3 is 9.15 Å². The fraction of sp³-hybridized carbons (Fsp3) is 0.294. The topological polar surface area (TPSA) is 92.2 Å². The van der Waals surface area contributed by atoms with E-state index in [9.17, 15) is 14.0 Å². The fourth-order valence-corrected chi connectivity index (χ4v) is 3.36. The second-order valence-electron chi connectivity index (χ2n) is 6.01. The lowest BCUT2D eigenvalue weighted by molar-refractivity contribution is 0.0503. The van der Waals surface area contributed by atoms with Crippen molar-refractivity contribution < 1.29 is 13.5 Å². The Hall–Kier alpha value is -2.59. The van der Waals surface area contributed by atoms with Crippen molar-refractivity contribution in [3.8, 4) is 11.5 Å². The molecule has 0 aliphatic carbocycles. The minimum atomic E-state index is -1.05. The van der Waals surface area contributed by atoms with Gasteiger partial charge in [-0.25, -0.2) is 9.36 Å². The minimum absolute atomic E-state index is 0.0180. The normalized spacial score (nSPS) is 16.7. The minimum Gasteiger partial charge on any atom is -0.419 e. The third-order valence-corrected chi connectivity index (χ3v) is 4.93. The van der Waals surface area contributed by atoms with Gasteiger partial charge in [0.25, 0.3) is 5.56 Å². The average Bonchev–Trinajstić information content (AvgIpc) is 3.34. The number of aromatic nitrogens is 4. The molecule has 10 heteroatoms. The molecular formula is C17H14BrFN4O4. The van der Waals surface area contributed by atoms with Crippen molar-refractivity contribution in [2.24, 2.45) is 0 Å². The maximum atomic E-state index is 14.1. The predicted molar refractivity (Wildman–Crippen MR) is 95.7 cm³/mol. The van der Waals surface area contributed by atoms with Crippen LogP contribution in [0.3, 0.4) is 0 Å². The van der Waals surface area contributed by atoms with Crippen LogP contribution in [0.15, 0.2) is 48.9 Å². The monoisotopic (exact) mass is 436 g/mol. The van der Waals surface area contributed by atoms with Gasteiger partial charge in [0.05, 0.1) is 11.8 Å². The highest BCUT2D eigenvalue weighted by atomic mass is 79.9. The Morgan fingerprint density at radius 3 is 2.81 bits per heavy atom. The molecule has 1 saturated heterocycles. The first-order chi connectivity index (χ1) is 13.0. The Morgan fingerprint density at radius 1 is 1.26 bits per heavy atom. The van der Waals surface area contributed by atoms with Crippen molar-refractivity contribution in [2.45, 2.75) is 25.6 Å². The summed E-state index contributed by atoms with van der Waals surface area (Å²) in [5, 5.41) is 7.80. The van der Waals surface area contributed by atoms with Gasteiger partial charge in [-0.2, -0.15) is 4.39 Å². The van der Waals surface area contributed by atoms with Crippen molar-refractivity contribution in [1.82, 2.24) is 19.3 Å². The van der Waals surface area contributed by atoms with Gasteiger partial charge in [0.15, 0.2) is 0 Å². The molecule has 140 valence electrons. The lowest BCUT2D eigenvalue weighted by atomic mass is 10.2. The van der Waals surface area contributed by atoms with Gasteiger partial charge in [-0.3, -0.25) is 9.36 Å². The molecule has 1 aliphatic heterocycles. The first-order valence-corrected chi connectivity index (χ1v) is 9.04. The van der Waals surface area contributed by atoms with Crippen LogP contribution in [-0.4, -0.2) is 25.9 Å². The Kier molecular flexibility index (Phi) is 4.75. The molecule has 1 aliphatic rings. The average molecular weight is 437 g/mol. The molecule has 1 aromatic carbocycles. The Morgan fingerprint density at radius 2 is 2.07 bits per heavy atom. The van der Waals surface area contributed by atoms with Gasteiger partial charge >= 0.3 is 5.69 Å². The predicted octanol–water partition coefficient (Wildman–Crippen LogP) is 2.32. The lowest BCUT2D eigenvalue weighted by Gasteiger charge is -2.14. The van der Waals surface area contributed by atoms with Crippen LogP contribution in [-0.2, 0) is 11.3 Å². The molecule has 8 nitrogen and oxygen atoms in total. The maximum Gasteiger partial charge on any atom is 0.333 e. The number of ether oxygens (including phenoxy) is 1. The first-order valence-electron chi connectivity index (χ1n) is 8.25. The van der Waals surface area contributed by atoms with Crippen molar-refractivity contribution in [3.05, 3.63) is 67.5 Å². The van der Waals surface area contributed by atoms with E-state index in [1.807, 2.05) is 12.1 Å². The summed E-state index contributed by atoms with van der Waals surface area (Å²) < 4.78 is 27.6. The molecule has 2 aromatic heterocycles. The second-order valence-corrected chi connectivity index (χ2v) is 6.86. The molecule has 0 unspecified atom stereocenters. The molecule has 0 bridgehead atoms. The Balaban J connectivity index is 1.70. The molecule has 0 amide bonds. The van der Waals surface area contributed by atoms with Gasteiger partial charge in [-0.15, -0.1) is 10.2 Å². The zero-order chi connectivity index (χ0) is 19.0. The zero-order valence-electron chi connectivity index (χ0n) is 14.0. The number of halogens is 2. The van der Waals surface area contributed by atoms with Gasteiger partial charge in [-0.1, -0.05) is 12.1 Å².